The normalized spacial score (nSPS) is 15.1. The van der Waals surface area contributed by atoms with Gasteiger partial charge in [-0.15, -0.1) is 0 Å². The second-order valence-electron chi connectivity index (χ2n) is 7.31. The Morgan fingerprint density at radius 2 is 1.69 bits per heavy atom. The third-order valence-corrected chi connectivity index (χ3v) is 5.24. The molecule has 1 amide bonds. The lowest BCUT2D eigenvalue weighted by Gasteiger charge is -2.34. The Balaban J connectivity index is 1.26. The van der Waals surface area contributed by atoms with Gasteiger partial charge in [0.2, 0.25) is 0 Å². The molecule has 2 heterocycles. The van der Waals surface area contributed by atoms with Crippen LogP contribution in [0.25, 0.3) is 6.08 Å². The molecule has 1 aliphatic heterocycles. The van der Waals surface area contributed by atoms with Crippen molar-refractivity contribution in [2.45, 2.75) is 6.54 Å². The van der Waals surface area contributed by atoms with Gasteiger partial charge < -0.3 is 4.90 Å². The van der Waals surface area contributed by atoms with Crippen LogP contribution in [-0.2, 0) is 6.54 Å². The highest BCUT2D eigenvalue weighted by Gasteiger charge is 2.21. The Labute approximate surface area is 171 Å². The van der Waals surface area contributed by atoms with Crippen molar-refractivity contribution in [1.29, 1.82) is 0 Å². The number of benzene rings is 2. The molecule has 0 atom stereocenters. The van der Waals surface area contributed by atoms with E-state index in [9.17, 15) is 4.79 Å². The maximum atomic E-state index is 12.8. The van der Waals surface area contributed by atoms with Crippen LogP contribution in [0.1, 0.15) is 21.5 Å². The molecular weight excluding hydrogens is 360 g/mol. The quantitative estimate of drug-likeness (QED) is 0.652. The SMILES string of the molecule is O=C(c1ccc(Cn2cccn2)cc1)N1CCN(C/C=C/c2ccccc2)CC1. The smallest absolute Gasteiger partial charge is 0.253 e. The maximum absolute atomic E-state index is 12.8. The number of carbonyl (C=O) groups excluding carboxylic acids is 1. The first-order valence-electron chi connectivity index (χ1n) is 10.1. The van der Waals surface area contributed by atoms with Crippen molar-refractivity contribution in [2.24, 2.45) is 0 Å². The largest absolute Gasteiger partial charge is 0.336 e. The number of hydrogen-bond acceptors (Lipinski definition) is 3. The Hall–Kier alpha value is -3.18. The van der Waals surface area contributed by atoms with Gasteiger partial charge in [-0.05, 0) is 29.3 Å². The van der Waals surface area contributed by atoms with Gasteiger partial charge in [-0.1, -0.05) is 54.6 Å². The monoisotopic (exact) mass is 386 g/mol. The van der Waals surface area contributed by atoms with Gasteiger partial charge in [-0.2, -0.15) is 5.10 Å². The molecule has 3 aromatic rings. The molecule has 0 spiro atoms. The van der Waals surface area contributed by atoms with Crippen molar-refractivity contribution < 1.29 is 4.79 Å². The van der Waals surface area contributed by atoms with E-state index in [2.05, 4.69) is 34.3 Å². The second kappa shape index (κ2) is 9.34. The lowest BCUT2D eigenvalue weighted by molar-refractivity contribution is 0.0650. The molecule has 0 unspecified atom stereocenters. The first-order chi connectivity index (χ1) is 14.3. The summed E-state index contributed by atoms with van der Waals surface area (Å²) in [5.74, 6) is 0.120. The average molecular weight is 386 g/mol. The molecule has 1 aliphatic rings. The number of hydrogen-bond donors (Lipinski definition) is 0. The van der Waals surface area contributed by atoms with E-state index in [1.807, 2.05) is 64.3 Å². The van der Waals surface area contributed by atoms with E-state index in [-0.39, 0.29) is 5.91 Å². The minimum Gasteiger partial charge on any atom is -0.336 e. The molecule has 4 rings (SSSR count). The van der Waals surface area contributed by atoms with Crippen molar-refractivity contribution in [3.63, 3.8) is 0 Å². The van der Waals surface area contributed by atoms with Crippen LogP contribution in [0.3, 0.4) is 0 Å². The highest BCUT2D eigenvalue weighted by atomic mass is 16.2. The topological polar surface area (TPSA) is 41.4 Å². The van der Waals surface area contributed by atoms with Crippen molar-refractivity contribution in [2.75, 3.05) is 32.7 Å². The number of aromatic nitrogens is 2. The summed E-state index contributed by atoms with van der Waals surface area (Å²) in [4.78, 5) is 17.2. The van der Waals surface area contributed by atoms with E-state index in [0.29, 0.717) is 0 Å². The molecule has 1 aromatic heterocycles. The Bertz CT molecular complexity index is 925. The molecule has 2 aromatic carbocycles. The third kappa shape index (κ3) is 5.21. The number of rotatable bonds is 6. The first kappa shape index (κ1) is 19.2. The fourth-order valence-corrected chi connectivity index (χ4v) is 3.55. The van der Waals surface area contributed by atoms with Gasteiger partial charge in [-0.3, -0.25) is 14.4 Å². The van der Waals surface area contributed by atoms with E-state index < -0.39 is 0 Å². The fraction of sp³-hybridized carbons (Fsp3) is 0.250. The zero-order valence-corrected chi connectivity index (χ0v) is 16.5. The van der Waals surface area contributed by atoms with Crippen LogP contribution in [0.15, 0.2) is 79.1 Å². The summed E-state index contributed by atoms with van der Waals surface area (Å²) >= 11 is 0. The molecular formula is C24H26N4O. The van der Waals surface area contributed by atoms with Crippen LogP contribution in [0.5, 0.6) is 0 Å². The highest BCUT2D eigenvalue weighted by molar-refractivity contribution is 5.94. The minimum atomic E-state index is 0.120. The maximum Gasteiger partial charge on any atom is 0.253 e. The fourth-order valence-electron chi connectivity index (χ4n) is 3.55. The summed E-state index contributed by atoms with van der Waals surface area (Å²) in [6, 6.07) is 20.1. The van der Waals surface area contributed by atoms with Crippen LogP contribution in [0.2, 0.25) is 0 Å². The van der Waals surface area contributed by atoms with Crippen LogP contribution in [0, 0.1) is 0 Å². The third-order valence-electron chi connectivity index (χ3n) is 5.24. The average Bonchev–Trinajstić information content (AvgIpc) is 3.28. The molecule has 0 aliphatic carbocycles. The Morgan fingerprint density at radius 3 is 2.38 bits per heavy atom. The minimum absolute atomic E-state index is 0.120. The van der Waals surface area contributed by atoms with E-state index >= 15 is 0 Å². The van der Waals surface area contributed by atoms with Crippen LogP contribution >= 0.6 is 0 Å². The van der Waals surface area contributed by atoms with Crippen LogP contribution < -0.4 is 0 Å². The van der Waals surface area contributed by atoms with Crippen molar-refractivity contribution >= 4 is 12.0 Å². The van der Waals surface area contributed by atoms with Crippen molar-refractivity contribution in [3.05, 3.63) is 95.8 Å². The molecule has 0 saturated carbocycles. The molecule has 5 heteroatoms. The van der Waals surface area contributed by atoms with Gasteiger partial charge in [-0.25, -0.2) is 0 Å². The van der Waals surface area contributed by atoms with E-state index in [0.717, 1.165) is 50.4 Å². The number of carbonyl (C=O) groups is 1. The zero-order chi connectivity index (χ0) is 19.9. The molecule has 1 fully saturated rings. The first-order valence-corrected chi connectivity index (χ1v) is 10.1. The Kier molecular flexibility index (Phi) is 6.17. The summed E-state index contributed by atoms with van der Waals surface area (Å²) < 4.78 is 1.88. The lowest BCUT2D eigenvalue weighted by atomic mass is 10.1. The van der Waals surface area contributed by atoms with Gasteiger partial charge in [0.15, 0.2) is 0 Å². The van der Waals surface area contributed by atoms with E-state index in [1.165, 1.54) is 5.56 Å². The second-order valence-corrected chi connectivity index (χ2v) is 7.31. The molecule has 5 nitrogen and oxygen atoms in total. The standard InChI is InChI=1S/C24H26N4O/c29-24(23-11-9-22(10-12-23)20-28-15-5-13-25-28)27-18-16-26(17-19-27)14-4-8-21-6-2-1-3-7-21/h1-13,15H,14,16-20H2/b8-4+. The molecule has 0 radical (unpaired) electrons. The predicted molar refractivity (Wildman–Crippen MR) is 116 cm³/mol. The Morgan fingerprint density at radius 1 is 0.931 bits per heavy atom. The summed E-state index contributed by atoms with van der Waals surface area (Å²) in [5.41, 5.74) is 3.12. The van der Waals surface area contributed by atoms with Gasteiger partial charge in [0.05, 0.1) is 6.54 Å². The number of nitrogens with zero attached hydrogens (tertiary/aromatic N) is 4. The molecule has 29 heavy (non-hydrogen) atoms. The molecule has 0 bridgehead atoms. The van der Waals surface area contributed by atoms with E-state index in [1.54, 1.807) is 6.20 Å². The van der Waals surface area contributed by atoms with Gasteiger partial charge >= 0.3 is 0 Å². The van der Waals surface area contributed by atoms with Crippen molar-refractivity contribution in [1.82, 2.24) is 19.6 Å². The number of amides is 1. The molecule has 1 saturated heterocycles. The van der Waals surface area contributed by atoms with Gasteiger partial charge in [0.25, 0.3) is 5.91 Å². The van der Waals surface area contributed by atoms with Crippen LogP contribution in [-0.4, -0.2) is 58.2 Å². The lowest BCUT2D eigenvalue weighted by Crippen LogP contribution is -2.48. The zero-order valence-electron chi connectivity index (χ0n) is 16.5. The summed E-state index contributed by atoms with van der Waals surface area (Å²) in [6.07, 6.45) is 8.07. The molecule has 0 N–H and O–H groups in total. The summed E-state index contributed by atoms with van der Waals surface area (Å²) in [5, 5.41) is 4.22. The predicted octanol–water partition coefficient (Wildman–Crippen LogP) is 3.40. The highest BCUT2D eigenvalue weighted by Crippen LogP contribution is 2.12. The summed E-state index contributed by atoms with van der Waals surface area (Å²) in [6.45, 7) is 4.99. The van der Waals surface area contributed by atoms with E-state index in [4.69, 9.17) is 0 Å². The summed E-state index contributed by atoms with van der Waals surface area (Å²) in [7, 11) is 0. The van der Waals surface area contributed by atoms with Crippen molar-refractivity contribution in [3.8, 4) is 0 Å². The number of piperazine rings is 1. The molecule has 148 valence electrons. The van der Waals surface area contributed by atoms with Gasteiger partial charge in [0.1, 0.15) is 0 Å². The van der Waals surface area contributed by atoms with Gasteiger partial charge in [0, 0.05) is 50.7 Å². The van der Waals surface area contributed by atoms with Crippen LogP contribution in [0.4, 0.5) is 0 Å².